The third-order valence-electron chi connectivity index (χ3n) is 7.41. The number of benzene rings is 4. The number of phenolic OH excluding ortho intramolecular Hbond substituents is 3. The van der Waals surface area contributed by atoms with Crippen molar-refractivity contribution in [3.05, 3.63) is 106 Å². The molecule has 0 aliphatic carbocycles. The Hall–Kier alpha value is -5.97. The number of anilines is 1. The Morgan fingerprint density at radius 2 is 1.61 bits per heavy atom. The standard InChI is InChI=1S/C35H31NO10/c1-19(37)36-23-10-12-24(13-11-23)45-18-22-15-21(9-14-27(22)43-2)25(16-29(39)44-3)30-32(40)34(42)33(41)31-26(38)17-28(46-35(30)31)20-7-5-4-6-8-20/h4-15,17,25,40-42H,16,18H2,1-3H3,(H,36,37)/t25-/m0/s1. The molecule has 0 radical (unpaired) electrons. The van der Waals surface area contributed by atoms with Gasteiger partial charge >= 0.3 is 5.97 Å². The minimum Gasteiger partial charge on any atom is -0.504 e. The normalized spacial score (nSPS) is 11.5. The van der Waals surface area contributed by atoms with Gasteiger partial charge in [-0.15, -0.1) is 0 Å². The lowest BCUT2D eigenvalue weighted by Crippen LogP contribution is -2.13. The Balaban J connectivity index is 1.64. The van der Waals surface area contributed by atoms with Crippen molar-refractivity contribution < 1.29 is 43.5 Å². The van der Waals surface area contributed by atoms with E-state index in [0.717, 1.165) is 0 Å². The molecule has 0 aliphatic rings. The lowest BCUT2D eigenvalue weighted by atomic mass is 9.85. The van der Waals surface area contributed by atoms with E-state index in [-0.39, 0.29) is 41.2 Å². The number of fused-ring (bicyclic) bond motifs is 1. The Morgan fingerprint density at radius 3 is 2.26 bits per heavy atom. The second kappa shape index (κ2) is 13.3. The molecule has 1 heterocycles. The van der Waals surface area contributed by atoms with E-state index in [2.05, 4.69) is 5.32 Å². The van der Waals surface area contributed by atoms with Gasteiger partial charge in [0.05, 0.1) is 20.6 Å². The minimum atomic E-state index is -1.03. The number of hydrogen-bond donors (Lipinski definition) is 4. The van der Waals surface area contributed by atoms with Crippen LogP contribution >= 0.6 is 0 Å². The van der Waals surface area contributed by atoms with E-state index in [4.69, 9.17) is 18.6 Å². The molecular formula is C35H31NO10. The molecule has 0 unspecified atom stereocenters. The van der Waals surface area contributed by atoms with E-state index in [1.54, 1.807) is 72.8 Å². The van der Waals surface area contributed by atoms with E-state index < -0.39 is 34.6 Å². The first-order chi connectivity index (χ1) is 22.1. The smallest absolute Gasteiger partial charge is 0.306 e. The molecular weight excluding hydrogens is 594 g/mol. The molecule has 11 heteroatoms. The molecule has 1 atom stereocenters. The van der Waals surface area contributed by atoms with Crippen molar-refractivity contribution in [2.24, 2.45) is 0 Å². The zero-order valence-electron chi connectivity index (χ0n) is 25.2. The Labute approximate surface area is 263 Å². The van der Waals surface area contributed by atoms with Crippen LogP contribution < -0.4 is 20.2 Å². The van der Waals surface area contributed by atoms with Crippen LogP contribution in [0.25, 0.3) is 22.3 Å². The van der Waals surface area contributed by atoms with Crippen LogP contribution in [0.15, 0.2) is 88.1 Å². The van der Waals surface area contributed by atoms with Gasteiger partial charge in [0.2, 0.25) is 11.7 Å². The maximum atomic E-state index is 13.3. The van der Waals surface area contributed by atoms with Gasteiger partial charge in [-0.1, -0.05) is 36.4 Å². The van der Waals surface area contributed by atoms with Gasteiger partial charge in [-0.25, -0.2) is 0 Å². The van der Waals surface area contributed by atoms with Gasteiger partial charge in [-0.05, 0) is 42.0 Å². The van der Waals surface area contributed by atoms with Crippen molar-refractivity contribution in [1.29, 1.82) is 0 Å². The number of amides is 1. The fourth-order valence-electron chi connectivity index (χ4n) is 5.20. The monoisotopic (exact) mass is 625 g/mol. The third-order valence-corrected chi connectivity index (χ3v) is 7.41. The van der Waals surface area contributed by atoms with Crippen molar-refractivity contribution in [2.45, 2.75) is 25.9 Å². The molecule has 5 aromatic rings. The van der Waals surface area contributed by atoms with Crippen LogP contribution in [0.3, 0.4) is 0 Å². The molecule has 1 amide bonds. The maximum absolute atomic E-state index is 13.3. The quantitative estimate of drug-likeness (QED) is 0.110. The topological polar surface area (TPSA) is 165 Å². The summed E-state index contributed by atoms with van der Waals surface area (Å²) in [5.41, 5.74) is 1.21. The molecule has 236 valence electrons. The van der Waals surface area contributed by atoms with E-state index >= 15 is 0 Å². The number of ether oxygens (including phenoxy) is 3. The van der Waals surface area contributed by atoms with Crippen molar-refractivity contribution in [3.8, 4) is 40.1 Å². The number of methoxy groups -OCH3 is 2. The van der Waals surface area contributed by atoms with E-state index in [9.17, 15) is 29.7 Å². The number of carbonyl (C=O) groups is 2. The molecule has 4 N–H and O–H groups in total. The number of aromatic hydroxyl groups is 3. The van der Waals surface area contributed by atoms with Crippen molar-refractivity contribution in [3.63, 3.8) is 0 Å². The van der Waals surface area contributed by atoms with Gasteiger partial charge in [0.25, 0.3) is 0 Å². The lowest BCUT2D eigenvalue weighted by molar-refractivity contribution is -0.140. The van der Waals surface area contributed by atoms with Crippen LogP contribution in [0.5, 0.6) is 28.7 Å². The molecule has 1 aromatic heterocycles. The van der Waals surface area contributed by atoms with E-state index in [0.29, 0.717) is 33.9 Å². The number of phenols is 3. The predicted octanol–water partition coefficient (Wildman–Crippen LogP) is 5.82. The summed E-state index contributed by atoms with van der Waals surface area (Å²) in [6.45, 7) is 1.44. The third kappa shape index (κ3) is 6.43. The van der Waals surface area contributed by atoms with Crippen molar-refractivity contribution >= 4 is 28.5 Å². The summed E-state index contributed by atoms with van der Waals surface area (Å²) in [5.74, 6) is -3.31. The first kappa shape index (κ1) is 31.5. The molecule has 4 aromatic carbocycles. The number of carbonyl (C=O) groups excluding carboxylic acids is 2. The highest BCUT2D eigenvalue weighted by molar-refractivity contribution is 5.94. The Kier molecular flexibility index (Phi) is 9.13. The second-order valence-electron chi connectivity index (χ2n) is 10.4. The highest BCUT2D eigenvalue weighted by atomic mass is 16.5. The first-order valence-electron chi connectivity index (χ1n) is 14.1. The average molecular weight is 626 g/mol. The first-order valence-corrected chi connectivity index (χ1v) is 14.1. The fourth-order valence-corrected chi connectivity index (χ4v) is 5.20. The van der Waals surface area contributed by atoms with Crippen molar-refractivity contribution in [2.75, 3.05) is 19.5 Å². The van der Waals surface area contributed by atoms with Crippen LogP contribution in [0.4, 0.5) is 5.69 Å². The highest BCUT2D eigenvalue weighted by Gasteiger charge is 2.31. The molecule has 5 rings (SSSR count). The van der Waals surface area contributed by atoms with Crippen LogP contribution in [0.2, 0.25) is 0 Å². The summed E-state index contributed by atoms with van der Waals surface area (Å²) in [7, 11) is 2.70. The number of nitrogens with one attached hydrogen (secondary N) is 1. The van der Waals surface area contributed by atoms with Gasteiger partial charge in [-0.3, -0.25) is 14.4 Å². The molecule has 11 nitrogen and oxygen atoms in total. The van der Waals surface area contributed by atoms with Gasteiger partial charge in [-0.2, -0.15) is 0 Å². The SMILES string of the molecule is COC(=O)C[C@@H](c1ccc(OC)c(COc2ccc(NC(C)=O)cc2)c1)c1c(O)c(O)c(O)c2c(=O)cc(-c3ccccc3)oc12. The zero-order chi connectivity index (χ0) is 33.0. The van der Waals surface area contributed by atoms with Crippen LogP contribution in [0, 0.1) is 0 Å². The molecule has 0 spiro atoms. The molecule has 46 heavy (non-hydrogen) atoms. The van der Waals surface area contributed by atoms with Gasteiger partial charge in [0, 0.05) is 41.3 Å². The minimum absolute atomic E-state index is 0.0300. The van der Waals surface area contributed by atoms with Gasteiger partial charge in [0.15, 0.2) is 16.9 Å². The number of esters is 1. The van der Waals surface area contributed by atoms with Crippen LogP contribution in [-0.2, 0) is 20.9 Å². The van der Waals surface area contributed by atoms with Crippen molar-refractivity contribution in [1.82, 2.24) is 0 Å². The fraction of sp³-hybridized carbons (Fsp3) is 0.171. The number of rotatable bonds is 10. The lowest BCUT2D eigenvalue weighted by Gasteiger charge is -2.22. The molecule has 0 fully saturated rings. The highest BCUT2D eigenvalue weighted by Crippen LogP contribution is 2.49. The summed E-state index contributed by atoms with van der Waals surface area (Å²) >= 11 is 0. The van der Waals surface area contributed by atoms with Crippen LogP contribution in [-0.4, -0.2) is 41.4 Å². The Morgan fingerprint density at radius 1 is 0.891 bits per heavy atom. The Bertz CT molecular complexity index is 1970. The molecule has 0 aliphatic heterocycles. The summed E-state index contributed by atoms with van der Waals surface area (Å²) in [4.78, 5) is 37.4. The van der Waals surface area contributed by atoms with Crippen LogP contribution in [0.1, 0.15) is 36.0 Å². The summed E-state index contributed by atoms with van der Waals surface area (Å²) < 4.78 is 22.6. The molecule has 0 saturated carbocycles. The zero-order valence-corrected chi connectivity index (χ0v) is 25.2. The van der Waals surface area contributed by atoms with Gasteiger partial charge < -0.3 is 39.3 Å². The number of hydrogen-bond acceptors (Lipinski definition) is 10. The average Bonchev–Trinajstić information content (AvgIpc) is 3.06. The molecule has 0 saturated heterocycles. The summed E-state index contributed by atoms with van der Waals surface area (Å²) in [6.07, 6.45) is -0.333. The second-order valence-corrected chi connectivity index (χ2v) is 10.4. The predicted molar refractivity (Wildman–Crippen MR) is 169 cm³/mol. The van der Waals surface area contributed by atoms with E-state index in [1.807, 2.05) is 0 Å². The largest absolute Gasteiger partial charge is 0.504 e. The maximum Gasteiger partial charge on any atom is 0.306 e. The molecule has 0 bridgehead atoms. The van der Waals surface area contributed by atoms with Gasteiger partial charge in [0.1, 0.15) is 34.8 Å². The summed E-state index contributed by atoms with van der Waals surface area (Å²) in [6, 6.07) is 21.7. The van der Waals surface area contributed by atoms with E-state index in [1.165, 1.54) is 27.2 Å². The summed E-state index contributed by atoms with van der Waals surface area (Å²) in [5, 5.41) is 35.0.